The van der Waals surface area contributed by atoms with Crippen molar-refractivity contribution in [1.29, 1.82) is 0 Å². The van der Waals surface area contributed by atoms with Crippen LogP contribution in [0.4, 0.5) is 0 Å². The molecular weight excluding hydrogens is 194 g/mol. The molecule has 0 aliphatic heterocycles. The third-order valence-electron chi connectivity index (χ3n) is 2.44. The van der Waals surface area contributed by atoms with Crippen molar-refractivity contribution in [2.24, 2.45) is 0 Å². The van der Waals surface area contributed by atoms with Gasteiger partial charge in [-0.25, -0.2) is 0 Å². The van der Waals surface area contributed by atoms with Crippen molar-refractivity contribution in [1.82, 2.24) is 4.98 Å². The Kier molecular flexibility index (Phi) is 2.86. The number of pyridine rings is 1. The highest BCUT2D eigenvalue weighted by atomic mass is 14.7. The molecule has 0 N–H and O–H groups in total. The molecule has 1 nitrogen and oxygen atoms in total. The summed E-state index contributed by atoms with van der Waals surface area (Å²) in [5, 5.41) is 2.36. The lowest BCUT2D eigenvalue weighted by atomic mass is 10.0. The van der Waals surface area contributed by atoms with Gasteiger partial charge in [0.1, 0.15) is 0 Å². The van der Waals surface area contributed by atoms with Crippen LogP contribution in [0.15, 0.2) is 54.8 Å². The van der Waals surface area contributed by atoms with Crippen LogP contribution < -0.4 is 0 Å². The third kappa shape index (κ3) is 2.03. The SMILES string of the molecule is C=C(C=C(C)C)c1nccc2ccccc12. The Bertz CT molecular complexity index is 555. The predicted octanol–water partition coefficient (Wildman–Crippen LogP) is 4.21. The van der Waals surface area contributed by atoms with Crippen molar-refractivity contribution < 1.29 is 0 Å². The smallest absolute Gasteiger partial charge is 0.0774 e. The summed E-state index contributed by atoms with van der Waals surface area (Å²) in [6.45, 7) is 8.21. The molecule has 0 fully saturated rings. The van der Waals surface area contributed by atoms with Gasteiger partial charge in [-0.15, -0.1) is 0 Å². The van der Waals surface area contributed by atoms with Crippen LogP contribution in [-0.2, 0) is 0 Å². The molecule has 0 saturated carbocycles. The fraction of sp³-hybridized carbons (Fsp3) is 0.133. The molecule has 1 heteroatoms. The highest BCUT2D eigenvalue weighted by molar-refractivity contribution is 5.93. The van der Waals surface area contributed by atoms with E-state index in [-0.39, 0.29) is 0 Å². The van der Waals surface area contributed by atoms with Crippen molar-refractivity contribution in [2.75, 3.05) is 0 Å². The third-order valence-corrected chi connectivity index (χ3v) is 2.44. The number of rotatable bonds is 2. The van der Waals surface area contributed by atoms with Gasteiger partial charge in [0.25, 0.3) is 0 Å². The van der Waals surface area contributed by atoms with E-state index in [1.54, 1.807) is 0 Å². The van der Waals surface area contributed by atoms with Gasteiger partial charge in [-0.1, -0.05) is 42.5 Å². The number of fused-ring (bicyclic) bond motifs is 1. The van der Waals surface area contributed by atoms with Crippen LogP contribution in [-0.4, -0.2) is 4.98 Å². The summed E-state index contributed by atoms with van der Waals surface area (Å²) in [7, 11) is 0. The van der Waals surface area contributed by atoms with E-state index in [1.165, 1.54) is 11.0 Å². The van der Waals surface area contributed by atoms with E-state index in [2.05, 4.69) is 43.6 Å². The normalized spacial score (nSPS) is 10.1. The van der Waals surface area contributed by atoms with Crippen LogP contribution >= 0.6 is 0 Å². The zero-order valence-electron chi connectivity index (χ0n) is 9.70. The molecule has 0 unspecified atom stereocenters. The molecule has 0 atom stereocenters. The van der Waals surface area contributed by atoms with Gasteiger partial charge < -0.3 is 0 Å². The van der Waals surface area contributed by atoms with Crippen LogP contribution in [0.5, 0.6) is 0 Å². The molecule has 0 aliphatic carbocycles. The van der Waals surface area contributed by atoms with E-state index in [0.29, 0.717) is 0 Å². The topological polar surface area (TPSA) is 12.9 Å². The standard InChI is InChI=1S/C15H15N/c1-11(2)10-12(3)15-14-7-5-4-6-13(14)8-9-16-15/h4-10H,3H2,1-2H3. The molecule has 2 rings (SSSR count). The van der Waals surface area contributed by atoms with Gasteiger partial charge in [-0.2, -0.15) is 0 Å². The Morgan fingerprint density at radius 3 is 2.69 bits per heavy atom. The van der Waals surface area contributed by atoms with Gasteiger partial charge in [-0.3, -0.25) is 4.98 Å². The fourth-order valence-corrected chi connectivity index (χ4v) is 1.79. The summed E-state index contributed by atoms with van der Waals surface area (Å²) in [6, 6.07) is 10.3. The Morgan fingerprint density at radius 2 is 1.94 bits per heavy atom. The summed E-state index contributed by atoms with van der Waals surface area (Å²) in [5.41, 5.74) is 3.18. The highest BCUT2D eigenvalue weighted by Gasteiger charge is 2.03. The second kappa shape index (κ2) is 4.31. The summed E-state index contributed by atoms with van der Waals surface area (Å²) in [6.07, 6.45) is 3.90. The molecule has 16 heavy (non-hydrogen) atoms. The molecule has 0 radical (unpaired) electrons. The highest BCUT2D eigenvalue weighted by Crippen LogP contribution is 2.23. The second-order valence-corrected chi connectivity index (χ2v) is 4.13. The second-order valence-electron chi connectivity index (χ2n) is 4.13. The minimum Gasteiger partial charge on any atom is -0.256 e. The molecule has 1 aromatic carbocycles. The number of allylic oxidation sites excluding steroid dienone is 3. The van der Waals surface area contributed by atoms with Crippen LogP contribution in [0, 0.1) is 0 Å². The number of hydrogen-bond acceptors (Lipinski definition) is 1. The van der Waals surface area contributed by atoms with Gasteiger partial charge in [0, 0.05) is 11.6 Å². The molecule has 0 saturated heterocycles. The van der Waals surface area contributed by atoms with E-state index < -0.39 is 0 Å². The van der Waals surface area contributed by atoms with Crippen molar-refractivity contribution in [3.63, 3.8) is 0 Å². The van der Waals surface area contributed by atoms with Crippen molar-refractivity contribution in [3.05, 3.63) is 60.5 Å². The summed E-state index contributed by atoms with van der Waals surface area (Å²) in [4.78, 5) is 4.42. The largest absolute Gasteiger partial charge is 0.256 e. The van der Waals surface area contributed by atoms with Gasteiger partial charge in [0.2, 0.25) is 0 Å². The zero-order valence-corrected chi connectivity index (χ0v) is 9.70. The lowest BCUT2D eigenvalue weighted by molar-refractivity contribution is 1.31. The van der Waals surface area contributed by atoms with Crippen molar-refractivity contribution >= 4 is 16.3 Å². The van der Waals surface area contributed by atoms with E-state index in [1.807, 2.05) is 24.4 Å². The first-order chi connectivity index (χ1) is 7.68. The van der Waals surface area contributed by atoms with Gasteiger partial charge >= 0.3 is 0 Å². The Hall–Kier alpha value is -1.89. The quantitative estimate of drug-likeness (QED) is 0.675. The monoisotopic (exact) mass is 209 g/mol. The maximum Gasteiger partial charge on any atom is 0.0774 e. The average molecular weight is 209 g/mol. The average Bonchev–Trinajstić information content (AvgIpc) is 2.27. The van der Waals surface area contributed by atoms with Crippen LogP contribution in [0.1, 0.15) is 19.5 Å². The molecular formula is C15H15N. The predicted molar refractivity (Wildman–Crippen MR) is 70.2 cm³/mol. The molecule has 0 amide bonds. The maximum atomic E-state index is 4.42. The fourth-order valence-electron chi connectivity index (χ4n) is 1.79. The number of hydrogen-bond donors (Lipinski definition) is 0. The summed E-state index contributed by atoms with van der Waals surface area (Å²) >= 11 is 0. The van der Waals surface area contributed by atoms with Crippen molar-refractivity contribution in [2.45, 2.75) is 13.8 Å². The first kappa shape index (κ1) is 10.6. The Balaban J connectivity index is 2.61. The van der Waals surface area contributed by atoms with E-state index in [0.717, 1.165) is 16.7 Å². The van der Waals surface area contributed by atoms with E-state index >= 15 is 0 Å². The summed E-state index contributed by atoms with van der Waals surface area (Å²) in [5.74, 6) is 0. The molecule has 1 aromatic heterocycles. The first-order valence-electron chi connectivity index (χ1n) is 5.36. The lowest BCUT2D eigenvalue weighted by Crippen LogP contribution is -1.88. The Morgan fingerprint density at radius 1 is 1.19 bits per heavy atom. The van der Waals surface area contributed by atoms with Gasteiger partial charge in [-0.05, 0) is 30.9 Å². The van der Waals surface area contributed by atoms with Crippen LogP contribution in [0.25, 0.3) is 16.3 Å². The van der Waals surface area contributed by atoms with E-state index in [4.69, 9.17) is 0 Å². The molecule has 2 aromatic rings. The van der Waals surface area contributed by atoms with Crippen LogP contribution in [0.3, 0.4) is 0 Å². The number of aromatic nitrogens is 1. The molecule has 1 heterocycles. The molecule has 0 spiro atoms. The minimum atomic E-state index is 0.969. The maximum absolute atomic E-state index is 4.42. The number of nitrogens with zero attached hydrogens (tertiary/aromatic N) is 1. The number of benzene rings is 1. The lowest BCUT2D eigenvalue weighted by Gasteiger charge is -2.05. The Labute approximate surface area is 96.1 Å². The van der Waals surface area contributed by atoms with Crippen LogP contribution in [0.2, 0.25) is 0 Å². The minimum absolute atomic E-state index is 0.969. The summed E-state index contributed by atoms with van der Waals surface area (Å²) < 4.78 is 0. The van der Waals surface area contributed by atoms with E-state index in [9.17, 15) is 0 Å². The first-order valence-corrected chi connectivity index (χ1v) is 5.36. The molecule has 0 aliphatic rings. The molecule has 80 valence electrons. The van der Waals surface area contributed by atoms with Gasteiger partial charge in [0.05, 0.1) is 5.69 Å². The van der Waals surface area contributed by atoms with Gasteiger partial charge in [0.15, 0.2) is 0 Å². The van der Waals surface area contributed by atoms with Crippen molar-refractivity contribution in [3.8, 4) is 0 Å². The molecule has 0 bridgehead atoms. The zero-order chi connectivity index (χ0) is 11.5.